The molecule has 5 heteroatoms. The van der Waals surface area contributed by atoms with Crippen molar-refractivity contribution in [2.24, 2.45) is 10.9 Å². The lowest BCUT2D eigenvalue weighted by Crippen LogP contribution is -2.20. The molecule has 25 heavy (non-hydrogen) atoms. The van der Waals surface area contributed by atoms with Crippen molar-refractivity contribution in [1.29, 1.82) is 0 Å². The van der Waals surface area contributed by atoms with Gasteiger partial charge in [-0.25, -0.2) is 0 Å². The highest BCUT2D eigenvalue weighted by atomic mass is 79.9. The standard InChI is InChI=1S/C20H25BrN2OS/c1-12-6-9-15(16(21)10-12)18(24)22-19-23(11-14-7-8-14)13(2)17(25-19)20(3,4)5/h6,9-10,14H,7-8,11H2,1-5H3. The number of thiazole rings is 1. The van der Waals surface area contributed by atoms with Gasteiger partial charge in [-0.3, -0.25) is 4.79 Å². The first-order valence-electron chi connectivity index (χ1n) is 8.72. The van der Waals surface area contributed by atoms with Crippen molar-refractivity contribution in [3.63, 3.8) is 0 Å². The highest BCUT2D eigenvalue weighted by Gasteiger charge is 2.27. The molecule has 0 spiro atoms. The zero-order valence-corrected chi connectivity index (χ0v) is 17.9. The fourth-order valence-electron chi connectivity index (χ4n) is 2.98. The third-order valence-electron chi connectivity index (χ3n) is 4.53. The second-order valence-electron chi connectivity index (χ2n) is 8.00. The van der Waals surface area contributed by atoms with Gasteiger partial charge in [0.2, 0.25) is 0 Å². The number of halogens is 1. The van der Waals surface area contributed by atoms with Gasteiger partial charge in [-0.15, -0.1) is 11.3 Å². The second-order valence-corrected chi connectivity index (χ2v) is 9.84. The average molecular weight is 421 g/mol. The molecule has 0 saturated heterocycles. The maximum Gasteiger partial charge on any atom is 0.280 e. The van der Waals surface area contributed by atoms with Crippen molar-refractivity contribution in [3.8, 4) is 0 Å². The van der Waals surface area contributed by atoms with Crippen molar-refractivity contribution in [3.05, 3.63) is 49.2 Å². The van der Waals surface area contributed by atoms with Crippen LogP contribution in [0, 0.1) is 19.8 Å². The van der Waals surface area contributed by atoms with Crippen molar-refractivity contribution >= 4 is 33.2 Å². The Bertz CT molecular complexity index is 882. The maximum atomic E-state index is 12.8. The lowest BCUT2D eigenvalue weighted by atomic mass is 9.93. The van der Waals surface area contributed by atoms with Crippen molar-refractivity contribution in [2.45, 2.75) is 59.4 Å². The predicted molar refractivity (Wildman–Crippen MR) is 107 cm³/mol. The zero-order valence-electron chi connectivity index (χ0n) is 15.5. The summed E-state index contributed by atoms with van der Waals surface area (Å²) in [6, 6.07) is 5.76. The van der Waals surface area contributed by atoms with Crippen LogP contribution in [0.2, 0.25) is 0 Å². The summed E-state index contributed by atoms with van der Waals surface area (Å²) in [4.78, 5) is 19.4. The summed E-state index contributed by atoms with van der Waals surface area (Å²) in [6.07, 6.45) is 2.56. The van der Waals surface area contributed by atoms with Gasteiger partial charge in [-0.05, 0) is 71.6 Å². The normalized spacial score (nSPS) is 15.7. The minimum atomic E-state index is -0.182. The summed E-state index contributed by atoms with van der Waals surface area (Å²) in [6.45, 7) is 11.8. The third-order valence-corrected chi connectivity index (χ3v) is 6.79. The molecule has 0 N–H and O–H groups in total. The van der Waals surface area contributed by atoms with Crippen LogP contribution >= 0.6 is 27.3 Å². The molecular formula is C20H25BrN2OS. The van der Waals surface area contributed by atoms with Crippen LogP contribution in [0.4, 0.5) is 0 Å². The van der Waals surface area contributed by atoms with Gasteiger partial charge in [0.05, 0.1) is 5.56 Å². The minimum Gasteiger partial charge on any atom is -0.320 e. The molecule has 1 aromatic heterocycles. The van der Waals surface area contributed by atoms with Gasteiger partial charge >= 0.3 is 0 Å². The number of benzene rings is 1. The Hall–Kier alpha value is -1.20. The number of hydrogen-bond donors (Lipinski definition) is 0. The molecule has 0 unspecified atom stereocenters. The molecule has 0 atom stereocenters. The Morgan fingerprint density at radius 3 is 2.56 bits per heavy atom. The van der Waals surface area contributed by atoms with Crippen molar-refractivity contribution in [1.82, 2.24) is 4.57 Å². The van der Waals surface area contributed by atoms with E-state index in [0.717, 1.165) is 27.3 Å². The molecule has 3 nitrogen and oxygen atoms in total. The number of carbonyl (C=O) groups excluding carboxylic acids is 1. The first-order valence-corrected chi connectivity index (χ1v) is 10.3. The largest absolute Gasteiger partial charge is 0.320 e. The van der Waals surface area contributed by atoms with Crippen molar-refractivity contribution in [2.75, 3.05) is 0 Å². The van der Waals surface area contributed by atoms with Crippen LogP contribution in [0.1, 0.15) is 60.1 Å². The maximum absolute atomic E-state index is 12.8. The molecular weight excluding hydrogens is 396 g/mol. The quantitative estimate of drug-likeness (QED) is 0.656. The molecule has 1 aliphatic carbocycles. The Balaban J connectivity index is 2.07. The topological polar surface area (TPSA) is 34.4 Å². The van der Waals surface area contributed by atoms with E-state index in [1.807, 2.05) is 25.1 Å². The van der Waals surface area contributed by atoms with Crippen LogP contribution in [-0.4, -0.2) is 10.5 Å². The first kappa shape index (κ1) is 18.6. The Morgan fingerprint density at radius 1 is 1.32 bits per heavy atom. The number of hydrogen-bond acceptors (Lipinski definition) is 2. The SMILES string of the molecule is Cc1ccc(C(=O)N=c2sc(C(C)(C)C)c(C)n2CC2CC2)c(Br)c1. The average Bonchev–Trinajstić information content (AvgIpc) is 3.25. The number of amides is 1. The number of carbonyl (C=O) groups is 1. The van der Waals surface area contributed by atoms with Gasteiger partial charge < -0.3 is 4.57 Å². The van der Waals surface area contributed by atoms with E-state index in [1.54, 1.807) is 11.3 Å². The molecule has 1 saturated carbocycles. The van der Waals surface area contributed by atoms with Gasteiger partial charge in [-0.2, -0.15) is 4.99 Å². The molecule has 2 aromatic rings. The summed E-state index contributed by atoms with van der Waals surface area (Å²) in [5.41, 5.74) is 3.04. The summed E-state index contributed by atoms with van der Waals surface area (Å²) in [7, 11) is 0. The summed E-state index contributed by atoms with van der Waals surface area (Å²) >= 11 is 5.15. The van der Waals surface area contributed by atoms with Gasteiger partial charge in [0.1, 0.15) is 0 Å². The lowest BCUT2D eigenvalue weighted by molar-refractivity contribution is 0.0997. The summed E-state index contributed by atoms with van der Waals surface area (Å²) < 4.78 is 3.06. The number of aromatic nitrogens is 1. The summed E-state index contributed by atoms with van der Waals surface area (Å²) in [5.74, 6) is 0.555. The molecule has 1 amide bonds. The van der Waals surface area contributed by atoms with E-state index < -0.39 is 0 Å². The Kier molecular flexibility index (Phi) is 5.09. The molecule has 0 aliphatic heterocycles. The van der Waals surface area contributed by atoms with E-state index >= 15 is 0 Å². The van der Waals surface area contributed by atoms with E-state index in [2.05, 4.69) is 53.2 Å². The lowest BCUT2D eigenvalue weighted by Gasteiger charge is -2.17. The Morgan fingerprint density at radius 2 is 2.00 bits per heavy atom. The van der Waals surface area contributed by atoms with Gasteiger partial charge in [-0.1, -0.05) is 26.8 Å². The molecule has 1 fully saturated rings. The van der Waals surface area contributed by atoms with E-state index in [-0.39, 0.29) is 11.3 Å². The zero-order chi connectivity index (χ0) is 18.4. The highest BCUT2D eigenvalue weighted by Crippen LogP contribution is 2.33. The van der Waals surface area contributed by atoms with E-state index in [1.165, 1.54) is 23.4 Å². The Labute approximate surface area is 161 Å². The smallest absolute Gasteiger partial charge is 0.280 e. The molecule has 1 aliphatic rings. The van der Waals surface area contributed by atoms with Crippen LogP contribution < -0.4 is 4.80 Å². The monoisotopic (exact) mass is 420 g/mol. The first-order chi connectivity index (χ1) is 11.7. The van der Waals surface area contributed by atoms with Crippen LogP contribution in [-0.2, 0) is 12.0 Å². The predicted octanol–water partition coefficient (Wildman–Crippen LogP) is 5.38. The molecule has 1 aromatic carbocycles. The fourth-order valence-corrected chi connectivity index (χ4v) is 4.84. The van der Waals surface area contributed by atoms with Gasteiger partial charge in [0.25, 0.3) is 5.91 Å². The number of nitrogens with zero attached hydrogens (tertiary/aromatic N) is 2. The fraction of sp³-hybridized carbons (Fsp3) is 0.500. The van der Waals surface area contributed by atoms with E-state index in [4.69, 9.17) is 0 Å². The van der Waals surface area contributed by atoms with Crippen LogP contribution in [0.3, 0.4) is 0 Å². The summed E-state index contributed by atoms with van der Waals surface area (Å²) in [5, 5.41) is 0. The number of rotatable bonds is 3. The van der Waals surface area contributed by atoms with E-state index in [0.29, 0.717) is 5.56 Å². The number of aryl methyl sites for hydroxylation is 1. The van der Waals surface area contributed by atoms with Crippen LogP contribution in [0.25, 0.3) is 0 Å². The van der Waals surface area contributed by atoms with Crippen LogP contribution in [0.5, 0.6) is 0 Å². The van der Waals surface area contributed by atoms with Crippen molar-refractivity contribution < 1.29 is 4.79 Å². The molecule has 1 heterocycles. The van der Waals surface area contributed by atoms with Gasteiger partial charge in [0, 0.05) is 21.6 Å². The van der Waals surface area contributed by atoms with E-state index in [9.17, 15) is 4.79 Å². The molecule has 0 radical (unpaired) electrons. The second kappa shape index (κ2) is 6.84. The van der Waals surface area contributed by atoms with Gasteiger partial charge in [0.15, 0.2) is 4.80 Å². The van der Waals surface area contributed by atoms with Crippen LogP contribution in [0.15, 0.2) is 27.7 Å². The molecule has 0 bridgehead atoms. The molecule has 134 valence electrons. The minimum absolute atomic E-state index is 0.0569. The highest BCUT2D eigenvalue weighted by molar-refractivity contribution is 9.10. The third kappa shape index (κ3) is 4.14. The molecule has 3 rings (SSSR count).